The molecular formula is C32H45FN6O3. The van der Waals surface area contributed by atoms with Crippen LogP contribution in [0.3, 0.4) is 0 Å². The van der Waals surface area contributed by atoms with E-state index in [1.807, 2.05) is 63.6 Å². The van der Waals surface area contributed by atoms with Crippen LogP contribution in [0, 0.1) is 12.3 Å². The number of ether oxygens (including phenoxy) is 1. The Morgan fingerprint density at radius 3 is 2.62 bits per heavy atom. The van der Waals surface area contributed by atoms with Crippen LogP contribution in [0.5, 0.6) is 0 Å². The van der Waals surface area contributed by atoms with Crippen molar-refractivity contribution in [3.05, 3.63) is 65.8 Å². The molecule has 0 aliphatic carbocycles. The van der Waals surface area contributed by atoms with Crippen molar-refractivity contribution in [2.24, 2.45) is 0 Å². The monoisotopic (exact) mass is 580 g/mol. The predicted molar refractivity (Wildman–Crippen MR) is 165 cm³/mol. The number of alkyl halides is 1. The highest BCUT2D eigenvalue weighted by molar-refractivity contribution is 6.46. The molecule has 0 spiro atoms. The van der Waals surface area contributed by atoms with Crippen LogP contribution in [0.25, 0.3) is 5.69 Å². The van der Waals surface area contributed by atoms with E-state index >= 15 is 0 Å². The molecule has 2 heterocycles. The molecule has 0 bridgehead atoms. The summed E-state index contributed by atoms with van der Waals surface area (Å²) in [6.45, 7) is 14.4. The Bertz CT molecular complexity index is 1340. The zero-order valence-corrected chi connectivity index (χ0v) is 25.9. The molecule has 228 valence electrons. The first kappa shape index (κ1) is 32.7. The number of benzene rings is 1. The Kier molecular flexibility index (Phi) is 10.8. The lowest BCUT2D eigenvalue weighted by Crippen LogP contribution is -2.48. The summed E-state index contributed by atoms with van der Waals surface area (Å²) in [6, 6.07) is 5.70. The highest BCUT2D eigenvalue weighted by Gasteiger charge is 2.25. The quantitative estimate of drug-likeness (QED) is 0.227. The maximum atomic E-state index is 15.0. The zero-order valence-electron chi connectivity index (χ0n) is 25.9. The smallest absolute Gasteiger partial charge is 0.407 e. The topological polar surface area (TPSA) is 112 Å². The van der Waals surface area contributed by atoms with Gasteiger partial charge in [0.1, 0.15) is 17.0 Å². The van der Waals surface area contributed by atoms with Gasteiger partial charge in [0.2, 0.25) is 0 Å². The second-order valence-electron chi connectivity index (χ2n) is 12.1. The number of anilines is 1. The lowest BCUT2D eigenvalue weighted by molar-refractivity contribution is -0.110. The molecule has 0 unspecified atom stereocenters. The van der Waals surface area contributed by atoms with Crippen LogP contribution >= 0.6 is 0 Å². The molecule has 1 aromatic heterocycles. The van der Waals surface area contributed by atoms with Crippen LogP contribution in [0.4, 0.5) is 14.9 Å². The standard InChI is InChI=1S/C32H45FN6O3/c1-8-9-12-32(7,33)22(2)14-28(34)29(40)36-26-15-24(16-27(17-26)39-18-23(3)35-21-39)19-38-13-10-11-25(20-38)37-30(41)42-31(4,5)6/h9,12,14-18,21,25,34H,8,10-11,13,19-20H2,1-7H3,(H,36,40)(H,37,41)/b12-9-,22-14+,34-28?/t25-,32-/m0/s1. The van der Waals surface area contributed by atoms with Crippen LogP contribution in [0.2, 0.25) is 0 Å². The van der Waals surface area contributed by atoms with Crippen molar-refractivity contribution in [2.75, 3.05) is 18.4 Å². The van der Waals surface area contributed by atoms with E-state index in [2.05, 4.69) is 20.5 Å². The molecule has 1 aliphatic rings. The minimum atomic E-state index is -1.75. The van der Waals surface area contributed by atoms with Gasteiger partial charge in [0.05, 0.1) is 12.0 Å². The number of nitrogens with zero attached hydrogens (tertiary/aromatic N) is 3. The van der Waals surface area contributed by atoms with Crippen LogP contribution in [0.15, 0.2) is 54.5 Å². The molecule has 0 saturated carbocycles. The van der Waals surface area contributed by atoms with E-state index in [0.717, 1.165) is 36.3 Å². The van der Waals surface area contributed by atoms with Gasteiger partial charge in [0, 0.05) is 36.7 Å². The zero-order chi connectivity index (χ0) is 31.1. The Labute approximate surface area is 248 Å². The van der Waals surface area contributed by atoms with Crippen molar-refractivity contribution in [2.45, 2.75) is 91.6 Å². The van der Waals surface area contributed by atoms with Gasteiger partial charge in [0.15, 0.2) is 0 Å². The van der Waals surface area contributed by atoms with Crippen molar-refractivity contribution >= 4 is 23.4 Å². The summed E-state index contributed by atoms with van der Waals surface area (Å²) in [4.78, 5) is 31.9. The number of aryl methyl sites for hydroxylation is 1. The van der Waals surface area contributed by atoms with Gasteiger partial charge in [-0.25, -0.2) is 14.2 Å². The molecule has 2 amide bonds. The Morgan fingerprint density at radius 2 is 1.98 bits per heavy atom. The maximum Gasteiger partial charge on any atom is 0.407 e. The number of aromatic nitrogens is 2. The van der Waals surface area contributed by atoms with Gasteiger partial charge in [-0.3, -0.25) is 15.1 Å². The van der Waals surface area contributed by atoms with E-state index < -0.39 is 23.3 Å². The van der Waals surface area contributed by atoms with Crippen molar-refractivity contribution in [1.82, 2.24) is 19.8 Å². The number of alkyl carbamates (subject to hydrolysis) is 1. The SMILES string of the molecule is CC/C=C\[C@](C)(F)/C(C)=C/C(=N)C(=O)Nc1cc(CN2CCC[C@H](NC(=O)OC(C)(C)C)C2)cc(-n2cnc(C)c2)c1. The number of amides is 2. The summed E-state index contributed by atoms with van der Waals surface area (Å²) in [7, 11) is 0. The first-order valence-corrected chi connectivity index (χ1v) is 14.5. The molecule has 2 aromatic rings. The molecular weight excluding hydrogens is 535 g/mol. The number of halogens is 1. The van der Waals surface area contributed by atoms with Crippen LogP contribution < -0.4 is 10.6 Å². The minimum Gasteiger partial charge on any atom is -0.444 e. The first-order valence-electron chi connectivity index (χ1n) is 14.5. The van der Waals surface area contributed by atoms with Crippen molar-refractivity contribution in [3.8, 4) is 5.69 Å². The van der Waals surface area contributed by atoms with Gasteiger partial charge in [-0.05, 0) is 109 Å². The third kappa shape index (κ3) is 9.94. The number of piperidine rings is 1. The van der Waals surface area contributed by atoms with Crippen molar-refractivity contribution < 1.29 is 18.7 Å². The molecule has 42 heavy (non-hydrogen) atoms. The third-order valence-electron chi connectivity index (χ3n) is 6.92. The Morgan fingerprint density at radius 1 is 1.24 bits per heavy atom. The summed E-state index contributed by atoms with van der Waals surface area (Å²) >= 11 is 0. The molecule has 3 N–H and O–H groups in total. The number of nitrogens with one attached hydrogen (secondary N) is 3. The van der Waals surface area contributed by atoms with Gasteiger partial charge >= 0.3 is 6.09 Å². The fourth-order valence-corrected chi connectivity index (χ4v) is 4.69. The van der Waals surface area contributed by atoms with Gasteiger partial charge in [-0.15, -0.1) is 0 Å². The number of hydrogen-bond acceptors (Lipinski definition) is 6. The third-order valence-corrected chi connectivity index (χ3v) is 6.92. The summed E-state index contributed by atoms with van der Waals surface area (Å²) in [5.41, 5.74) is 0.757. The Hall–Kier alpha value is -3.79. The second kappa shape index (κ2) is 13.9. The van der Waals surface area contributed by atoms with Gasteiger partial charge in [-0.1, -0.05) is 13.0 Å². The number of carbonyl (C=O) groups excluding carboxylic acids is 2. The summed E-state index contributed by atoms with van der Waals surface area (Å²) in [5, 5.41) is 14.1. The van der Waals surface area contributed by atoms with Gasteiger partial charge in [0.25, 0.3) is 5.91 Å². The number of likely N-dealkylation sites (tertiary alicyclic amines) is 1. The van der Waals surface area contributed by atoms with E-state index in [4.69, 9.17) is 10.1 Å². The molecule has 0 radical (unpaired) electrons. The average Bonchev–Trinajstić information content (AvgIpc) is 3.32. The largest absolute Gasteiger partial charge is 0.444 e. The van der Waals surface area contributed by atoms with Crippen LogP contribution in [-0.4, -0.2) is 62.6 Å². The van der Waals surface area contributed by atoms with Crippen molar-refractivity contribution in [1.29, 1.82) is 5.41 Å². The number of allylic oxidation sites excluding steroid dienone is 3. The van der Waals surface area contributed by atoms with Crippen LogP contribution in [0.1, 0.15) is 72.1 Å². The molecule has 1 aromatic carbocycles. The summed E-state index contributed by atoms with van der Waals surface area (Å²) in [6.07, 6.45) is 10.1. The van der Waals surface area contributed by atoms with Crippen molar-refractivity contribution in [3.63, 3.8) is 0 Å². The highest BCUT2D eigenvalue weighted by Crippen LogP contribution is 2.24. The molecule has 3 rings (SSSR count). The molecule has 1 aliphatic heterocycles. The fourth-order valence-electron chi connectivity index (χ4n) is 4.69. The highest BCUT2D eigenvalue weighted by atomic mass is 19.1. The molecule has 2 atom stereocenters. The van der Waals surface area contributed by atoms with E-state index in [1.165, 1.54) is 19.1 Å². The van der Waals surface area contributed by atoms with Gasteiger partial charge in [-0.2, -0.15) is 0 Å². The van der Waals surface area contributed by atoms with Gasteiger partial charge < -0.3 is 19.9 Å². The number of imidazole rings is 1. The predicted octanol–water partition coefficient (Wildman–Crippen LogP) is 6.27. The van der Waals surface area contributed by atoms with E-state index in [0.29, 0.717) is 25.2 Å². The van der Waals surface area contributed by atoms with E-state index in [9.17, 15) is 14.0 Å². The number of rotatable bonds is 10. The number of hydrogen-bond donors (Lipinski definition) is 3. The number of carbonyl (C=O) groups is 2. The summed E-state index contributed by atoms with van der Waals surface area (Å²) < 4.78 is 22.3. The van der Waals surface area contributed by atoms with E-state index in [-0.39, 0.29) is 17.3 Å². The molecule has 10 heteroatoms. The first-order chi connectivity index (χ1) is 19.6. The van der Waals surface area contributed by atoms with Crippen LogP contribution in [-0.2, 0) is 16.1 Å². The average molecular weight is 581 g/mol. The summed E-state index contributed by atoms with van der Waals surface area (Å²) in [5.74, 6) is -0.630. The minimum absolute atomic E-state index is 0.0314. The second-order valence-corrected chi connectivity index (χ2v) is 12.1. The maximum absolute atomic E-state index is 15.0. The van der Waals surface area contributed by atoms with E-state index in [1.54, 1.807) is 19.3 Å². The fraction of sp³-hybridized carbons (Fsp3) is 0.500. The lowest BCUT2D eigenvalue weighted by atomic mass is 9.97. The lowest BCUT2D eigenvalue weighted by Gasteiger charge is -2.33. The molecule has 1 saturated heterocycles. The molecule has 1 fully saturated rings. The normalized spacial score (nSPS) is 18.0. The Balaban J connectivity index is 1.78. The molecule has 9 nitrogen and oxygen atoms in total.